The summed E-state index contributed by atoms with van der Waals surface area (Å²) in [7, 11) is -4.61. The molecule has 1 aromatic carbocycles. The van der Waals surface area contributed by atoms with Crippen molar-refractivity contribution < 1.29 is 52.4 Å². The van der Waals surface area contributed by atoms with Gasteiger partial charge < -0.3 is 14.4 Å². The largest absolute Gasteiger partial charge is 1.00 e. The Kier molecular flexibility index (Phi) is 14.3. The first-order valence-corrected chi connectivity index (χ1v) is 8.31. The Balaban J connectivity index is 0. The molecular formula is C15H20ClNaO5S. The molecule has 23 heavy (non-hydrogen) atoms. The zero-order valence-electron chi connectivity index (χ0n) is 13.3. The molecule has 0 radical (unpaired) electrons. The van der Waals surface area contributed by atoms with E-state index in [1.54, 1.807) is 6.08 Å². The van der Waals surface area contributed by atoms with Crippen LogP contribution in [0.1, 0.15) is 17.9 Å². The van der Waals surface area contributed by atoms with Crippen LogP contribution >= 0.6 is 11.6 Å². The van der Waals surface area contributed by atoms with Crippen molar-refractivity contribution in [2.75, 3.05) is 6.61 Å². The van der Waals surface area contributed by atoms with Crippen molar-refractivity contribution in [2.45, 2.75) is 23.8 Å². The molecule has 8 heteroatoms. The SMILES string of the molecule is C=CC(Cl)c1ccccc1.C=CCOC(C(C)O)S(=O)(=O)[O-].[Na+]. The van der Waals surface area contributed by atoms with Gasteiger partial charge in [-0.05, 0) is 12.5 Å². The number of hydrogen-bond acceptors (Lipinski definition) is 5. The smallest absolute Gasteiger partial charge is 0.746 e. The second-order valence-electron chi connectivity index (χ2n) is 4.27. The van der Waals surface area contributed by atoms with Crippen molar-refractivity contribution >= 4 is 21.7 Å². The van der Waals surface area contributed by atoms with Gasteiger partial charge in [-0.1, -0.05) is 42.5 Å². The fraction of sp³-hybridized carbons (Fsp3) is 0.333. The second-order valence-corrected chi connectivity index (χ2v) is 6.19. The van der Waals surface area contributed by atoms with Crippen molar-refractivity contribution in [2.24, 2.45) is 0 Å². The number of halogens is 1. The van der Waals surface area contributed by atoms with E-state index in [0.717, 1.165) is 5.56 Å². The van der Waals surface area contributed by atoms with E-state index in [1.807, 2.05) is 30.3 Å². The number of benzene rings is 1. The molecule has 3 atom stereocenters. The minimum Gasteiger partial charge on any atom is -0.746 e. The van der Waals surface area contributed by atoms with Crippen molar-refractivity contribution in [3.63, 3.8) is 0 Å². The number of aliphatic hydroxyl groups is 1. The minimum atomic E-state index is -4.61. The molecule has 0 aromatic heterocycles. The summed E-state index contributed by atoms with van der Waals surface area (Å²) in [6.07, 6.45) is 1.67. The predicted molar refractivity (Wildman–Crippen MR) is 86.5 cm³/mol. The summed E-state index contributed by atoms with van der Waals surface area (Å²) < 4.78 is 35.8. The molecule has 1 aromatic rings. The summed E-state index contributed by atoms with van der Waals surface area (Å²) in [5.74, 6) is 0. The summed E-state index contributed by atoms with van der Waals surface area (Å²) in [5, 5.41) is 8.78. The van der Waals surface area contributed by atoms with Crippen LogP contribution in [-0.4, -0.2) is 36.2 Å². The van der Waals surface area contributed by atoms with Gasteiger partial charge in [-0.2, -0.15) is 0 Å². The Labute approximate surface area is 165 Å². The minimum absolute atomic E-state index is 0. The van der Waals surface area contributed by atoms with Crippen molar-refractivity contribution in [3.8, 4) is 0 Å². The maximum Gasteiger partial charge on any atom is 1.00 e. The number of allylic oxidation sites excluding steroid dienone is 1. The van der Waals surface area contributed by atoms with Crippen molar-refractivity contribution in [3.05, 3.63) is 61.2 Å². The van der Waals surface area contributed by atoms with E-state index in [1.165, 1.54) is 13.0 Å². The quantitative estimate of drug-likeness (QED) is 0.305. The standard InChI is InChI=1S/C9H9Cl.C6H12O5S.Na/c1-2-9(10)8-6-4-3-5-7-8;1-3-4-11-6(5(2)7)12(8,9)10;/h2-7,9H,1H2;3,5-7H,1,4H2,2H3,(H,8,9,10);/q;;+1/p-1. The Hall–Kier alpha value is -0.180. The molecule has 0 bridgehead atoms. The summed E-state index contributed by atoms with van der Waals surface area (Å²) in [4.78, 5) is 0. The van der Waals surface area contributed by atoms with Gasteiger partial charge >= 0.3 is 29.6 Å². The van der Waals surface area contributed by atoms with Gasteiger partial charge in [0, 0.05) is 0 Å². The third-order valence-corrected chi connectivity index (χ3v) is 3.91. The topological polar surface area (TPSA) is 86.7 Å². The Bertz CT molecular complexity index is 548. The molecule has 0 amide bonds. The number of alkyl halides is 1. The predicted octanol–water partition coefficient (Wildman–Crippen LogP) is -0.402. The van der Waals surface area contributed by atoms with Crippen LogP contribution in [0.2, 0.25) is 0 Å². The van der Waals surface area contributed by atoms with E-state index in [9.17, 15) is 13.0 Å². The van der Waals surface area contributed by atoms with Gasteiger partial charge in [0.15, 0.2) is 5.44 Å². The molecule has 3 unspecified atom stereocenters. The average Bonchev–Trinajstić information content (AvgIpc) is 2.46. The van der Waals surface area contributed by atoms with Crippen LogP contribution in [0.15, 0.2) is 55.6 Å². The van der Waals surface area contributed by atoms with Crippen LogP contribution in [0.3, 0.4) is 0 Å². The number of aliphatic hydroxyl groups excluding tert-OH is 1. The zero-order valence-corrected chi connectivity index (χ0v) is 16.8. The molecule has 0 fully saturated rings. The molecular weight excluding hydrogens is 351 g/mol. The fourth-order valence-electron chi connectivity index (χ4n) is 1.40. The van der Waals surface area contributed by atoms with E-state index < -0.39 is 21.7 Å². The molecule has 5 nitrogen and oxygen atoms in total. The summed E-state index contributed by atoms with van der Waals surface area (Å²) in [5.41, 5.74) is -0.616. The number of hydrogen-bond donors (Lipinski definition) is 1. The van der Waals surface area contributed by atoms with Gasteiger partial charge in [-0.25, -0.2) is 8.42 Å². The second kappa shape index (κ2) is 13.1. The van der Waals surface area contributed by atoms with Crippen LogP contribution in [0.5, 0.6) is 0 Å². The number of ether oxygens (including phenoxy) is 1. The summed E-state index contributed by atoms with van der Waals surface area (Å²) >= 11 is 5.87. The first-order chi connectivity index (χ1) is 10.2. The van der Waals surface area contributed by atoms with Gasteiger partial charge in [-0.15, -0.1) is 24.8 Å². The van der Waals surface area contributed by atoms with E-state index in [2.05, 4.69) is 17.9 Å². The normalized spacial score (nSPS) is 14.3. The van der Waals surface area contributed by atoms with Crippen molar-refractivity contribution in [1.82, 2.24) is 0 Å². The first-order valence-electron chi connectivity index (χ1n) is 6.40. The molecule has 124 valence electrons. The maximum absolute atomic E-state index is 10.4. The van der Waals surface area contributed by atoms with E-state index in [-0.39, 0.29) is 41.5 Å². The average molecular weight is 371 g/mol. The fourth-order valence-corrected chi connectivity index (χ4v) is 2.27. The Morgan fingerprint density at radius 1 is 1.35 bits per heavy atom. The van der Waals surface area contributed by atoms with Gasteiger partial charge in [0.1, 0.15) is 10.1 Å². The van der Waals surface area contributed by atoms with Crippen LogP contribution in [0, 0.1) is 0 Å². The molecule has 0 heterocycles. The number of rotatable bonds is 7. The van der Waals surface area contributed by atoms with Crippen LogP contribution in [0.25, 0.3) is 0 Å². The van der Waals surface area contributed by atoms with Gasteiger partial charge in [-0.3, -0.25) is 0 Å². The molecule has 1 N–H and O–H groups in total. The molecule has 0 aliphatic rings. The van der Waals surface area contributed by atoms with E-state index in [4.69, 9.17) is 16.7 Å². The Morgan fingerprint density at radius 3 is 2.22 bits per heavy atom. The van der Waals surface area contributed by atoms with Crippen LogP contribution in [0.4, 0.5) is 0 Å². The van der Waals surface area contributed by atoms with Gasteiger partial charge in [0.25, 0.3) is 0 Å². The Morgan fingerprint density at radius 2 is 1.87 bits per heavy atom. The van der Waals surface area contributed by atoms with Gasteiger partial charge in [0.2, 0.25) is 0 Å². The maximum atomic E-state index is 10.4. The third kappa shape index (κ3) is 11.1. The molecule has 0 saturated heterocycles. The zero-order chi connectivity index (χ0) is 17.2. The third-order valence-electron chi connectivity index (χ3n) is 2.38. The molecule has 0 aliphatic heterocycles. The molecule has 1 rings (SSSR count). The molecule has 0 aliphatic carbocycles. The monoisotopic (exact) mass is 370 g/mol. The summed E-state index contributed by atoms with van der Waals surface area (Å²) in [6, 6.07) is 9.87. The summed E-state index contributed by atoms with van der Waals surface area (Å²) in [6.45, 7) is 7.96. The van der Waals surface area contributed by atoms with Crippen LogP contribution < -0.4 is 29.6 Å². The van der Waals surface area contributed by atoms with Crippen LogP contribution in [-0.2, 0) is 14.9 Å². The molecule has 0 saturated carbocycles. The van der Waals surface area contributed by atoms with Gasteiger partial charge in [0.05, 0.1) is 18.1 Å². The van der Waals surface area contributed by atoms with Crippen molar-refractivity contribution in [1.29, 1.82) is 0 Å². The first kappa shape index (κ1) is 25.1. The van der Waals surface area contributed by atoms with E-state index in [0.29, 0.717) is 0 Å². The molecule has 0 spiro atoms. The van der Waals surface area contributed by atoms with E-state index >= 15 is 0 Å².